The summed E-state index contributed by atoms with van der Waals surface area (Å²) in [5.74, 6) is -5.50. The number of carbonyl (C=O) groups is 1. The topological polar surface area (TPSA) is 216 Å². The van der Waals surface area contributed by atoms with Crippen molar-refractivity contribution in [2.75, 3.05) is 0 Å². The smallest absolute Gasteiger partial charge is 0.308 e. The molecule has 3 N–H and O–H groups in total. The van der Waals surface area contributed by atoms with Gasteiger partial charge in [0.1, 0.15) is 36.6 Å². The lowest BCUT2D eigenvalue weighted by atomic mass is 9.78. The van der Waals surface area contributed by atoms with Crippen LogP contribution in [-0.2, 0) is 75.8 Å². The van der Waals surface area contributed by atoms with Gasteiger partial charge in [0.05, 0.1) is 110 Å². The Morgan fingerprint density at radius 1 is 0.506 bits per heavy atom. The zero-order valence-electron chi connectivity index (χ0n) is 45.3. The summed E-state index contributed by atoms with van der Waals surface area (Å²) in [6.45, 7) is 19.7. The molecule has 0 aliphatic carbocycles. The van der Waals surface area contributed by atoms with E-state index in [2.05, 4.69) is 40.9 Å². The maximum absolute atomic E-state index is 14.6. The van der Waals surface area contributed by atoms with Gasteiger partial charge in [0.2, 0.25) is 11.6 Å². The Kier molecular flexibility index (Phi) is 12.6. The van der Waals surface area contributed by atoms with Crippen LogP contribution in [-0.4, -0.2) is 191 Å². The highest BCUT2D eigenvalue weighted by Gasteiger charge is 2.79. The molecule has 0 aromatic rings. The van der Waals surface area contributed by atoms with E-state index in [0.717, 1.165) is 30.4 Å². The Balaban J connectivity index is 0.678. The third-order valence-corrected chi connectivity index (χ3v) is 21.6. The molecule has 12 bridgehead atoms. The number of hydrogen-bond donors (Lipinski definition) is 3. The first kappa shape index (κ1) is 52.1. The largest absolute Gasteiger partial charge is 0.459 e. The van der Waals surface area contributed by atoms with Crippen molar-refractivity contribution in [2.45, 2.75) is 307 Å². The average Bonchev–Trinajstić information content (AvgIpc) is 4.28. The summed E-state index contributed by atoms with van der Waals surface area (Å²) >= 11 is 0. The molecular formula is C58H82O19. The minimum Gasteiger partial charge on any atom is -0.459 e. The molecule has 3 spiro atoms. The van der Waals surface area contributed by atoms with Gasteiger partial charge in [0.15, 0.2) is 17.7 Å². The zero-order valence-corrected chi connectivity index (χ0v) is 45.3. The molecule has 16 aliphatic rings. The van der Waals surface area contributed by atoms with E-state index >= 15 is 0 Å². The first-order valence-electron chi connectivity index (χ1n) is 29.8. The van der Waals surface area contributed by atoms with Crippen LogP contribution >= 0.6 is 0 Å². The van der Waals surface area contributed by atoms with Crippen LogP contribution in [0.2, 0.25) is 0 Å². The molecule has 0 saturated carbocycles. The average molecular weight is 1080 g/mol. The number of hydrogen-bond acceptors (Lipinski definition) is 19. The molecule has 0 amide bonds. The molecule has 19 heteroatoms. The fraction of sp³-hybridized carbons (Fsp3) is 0.914. The summed E-state index contributed by atoms with van der Waals surface area (Å²) in [5.41, 5.74) is 2.02. The van der Waals surface area contributed by atoms with Crippen LogP contribution in [0.1, 0.15) is 137 Å². The first-order valence-corrected chi connectivity index (χ1v) is 29.8. The van der Waals surface area contributed by atoms with Gasteiger partial charge in [-0.15, -0.1) is 0 Å². The molecule has 428 valence electrons. The van der Waals surface area contributed by atoms with E-state index < -0.39 is 102 Å². The zero-order chi connectivity index (χ0) is 52.8. The number of rotatable bonds is 0. The van der Waals surface area contributed by atoms with Crippen LogP contribution in [0.3, 0.4) is 0 Å². The summed E-state index contributed by atoms with van der Waals surface area (Å²) in [7, 11) is 0. The fourth-order valence-corrected chi connectivity index (χ4v) is 17.8. The molecule has 77 heavy (non-hydrogen) atoms. The van der Waals surface area contributed by atoms with Crippen molar-refractivity contribution < 1.29 is 91.2 Å². The number of aliphatic hydroxyl groups is 3. The fourth-order valence-electron chi connectivity index (χ4n) is 17.8. The maximum Gasteiger partial charge on any atom is 0.308 e. The van der Waals surface area contributed by atoms with Gasteiger partial charge < -0.3 is 86.4 Å². The van der Waals surface area contributed by atoms with Crippen LogP contribution < -0.4 is 0 Å². The van der Waals surface area contributed by atoms with Gasteiger partial charge in [-0.25, -0.2) is 0 Å². The molecule has 0 aromatic carbocycles. The highest BCUT2D eigenvalue weighted by molar-refractivity contribution is 5.70. The Bertz CT molecular complexity index is 2340. The standard InChI is InChI=1S/C58H82O19/c1-24-14-31-8-10-35-25(2)15-33(64-35)12-13-57-54(61)58(62)53(77-57)52-51(76-58)50(75-57)49-36(68-52)11-9-32(66-49)16-44(60)70-48-29(6)47-40(67-39(48)18-37(65-31)28(24)5)19-38-42(69-47)22-56(71-38)23-43-46(74-56)27(4)21-55(73-43)20-26(3)45-41(72-55)17-34(59)30(7)63-45/h24,26-27,29-43,45-54,59,61-62H,2,5,8-23H2,1,3-4,6-7H3/t24-,26+,27+,29+,30-,31+,32-,33?,34-,35?,36+,37?,38?,39+,40+,41+,42-,43+,45+,46+,47+,48-,49+,50?,51+,52-,53?,54+,55-,56+,57-,58+/m1/s1. The van der Waals surface area contributed by atoms with Crippen LogP contribution in [0.25, 0.3) is 0 Å². The van der Waals surface area contributed by atoms with Crippen LogP contribution in [0.4, 0.5) is 0 Å². The van der Waals surface area contributed by atoms with E-state index in [-0.39, 0.29) is 110 Å². The summed E-state index contributed by atoms with van der Waals surface area (Å²) in [6.07, 6.45) is -2.42. The molecule has 16 rings (SSSR count). The van der Waals surface area contributed by atoms with E-state index in [4.69, 9.17) is 71.1 Å². The number of fused-ring (bicyclic) bond motifs is 10. The van der Waals surface area contributed by atoms with Crippen molar-refractivity contribution in [3.05, 3.63) is 24.3 Å². The second-order valence-electron chi connectivity index (χ2n) is 26.9. The molecule has 32 atom stereocenters. The van der Waals surface area contributed by atoms with Gasteiger partial charge >= 0.3 is 5.97 Å². The van der Waals surface area contributed by atoms with E-state index in [1.807, 2.05) is 6.92 Å². The van der Waals surface area contributed by atoms with Crippen LogP contribution in [0.5, 0.6) is 0 Å². The monoisotopic (exact) mass is 1080 g/mol. The molecule has 6 unspecified atom stereocenters. The Hall–Kier alpha value is -1.73. The van der Waals surface area contributed by atoms with Gasteiger partial charge in [0, 0.05) is 57.3 Å². The van der Waals surface area contributed by atoms with Crippen LogP contribution in [0.15, 0.2) is 24.3 Å². The molecule has 16 saturated heterocycles. The Morgan fingerprint density at radius 2 is 1.21 bits per heavy atom. The van der Waals surface area contributed by atoms with Gasteiger partial charge in [0.25, 0.3) is 0 Å². The van der Waals surface area contributed by atoms with E-state index in [1.165, 1.54) is 0 Å². The van der Waals surface area contributed by atoms with E-state index in [0.29, 0.717) is 70.6 Å². The van der Waals surface area contributed by atoms with Gasteiger partial charge in [-0.05, 0) is 80.8 Å². The van der Waals surface area contributed by atoms with E-state index in [1.54, 1.807) is 0 Å². The summed E-state index contributed by atoms with van der Waals surface area (Å²) in [4.78, 5) is 14.6. The summed E-state index contributed by atoms with van der Waals surface area (Å²) in [6, 6.07) is 0. The van der Waals surface area contributed by atoms with E-state index in [9.17, 15) is 20.1 Å². The number of carbonyl (C=O) groups excluding carboxylic acids is 1. The Morgan fingerprint density at radius 3 is 2.05 bits per heavy atom. The van der Waals surface area contributed by atoms with Gasteiger partial charge in [-0.1, -0.05) is 40.9 Å². The second kappa shape index (κ2) is 18.6. The quantitative estimate of drug-likeness (QED) is 0.225. The highest BCUT2D eigenvalue weighted by atomic mass is 16.8. The van der Waals surface area contributed by atoms with Crippen molar-refractivity contribution in [2.24, 2.45) is 23.7 Å². The third-order valence-electron chi connectivity index (χ3n) is 21.6. The summed E-state index contributed by atoms with van der Waals surface area (Å²) in [5, 5.41) is 34.5. The first-order chi connectivity index (χ1) is 36.8. The van der Waals surface area contributed by atoms with Crippen molar-refractivity contribution in [1.82, 2.24) is 0 Å². The normalized spacial score (nSPS) is 60.6. The second-order valence-corrected chi connectivity index (χ2v) is 26.9. The number of esters is 1. The van der Waals surface area contributed by atoms with Crippen molar-refractivity contribution in [3.63, 3.8) is 0 Å². The molecular weight excluding hydrogens is 1000 g/mol. The molecule has 16 heterocycles. The highest BCUT2D eigenvalue weighted by Crippen LogP contribution is 2.59. The van der Waals surface area contributed by atoms with Crippen molar-refractivity contribution in [3.8, 4) is 0 Å². The molecule has 19 nitrogen and oxygen atoms in total. The molecule has 0 radical (unpaired) electrons. The lowest BCUT2D eigenvalue weighted by Crippen LogP contribution is -2.63. The predicted molar refractivity (Wildman–Crippen MR) is 264 cm³/mol. The summed E-state index contributed by atoms with van der Waals surface area (Å²) < 4.78 is 102. The SMILES string of the molecule is C=C1CC2CC[C@@]34OC5[C@H]6O[C@H](CC[C@@H]6O[C@H]6C(O3)[C@](O)(O[C@@H]56)[C@H]4O)CC(=O)O[C@@H]3[C@@H](C)[C@@H]4O[C@@H]5C[C@]6(C[C@@H]7O[C@]8(C[C@H](C)[C@@H]9O[C@H](C)[C@H](O)C[C@@H]9O8)C[C@H](C)[C@@H]7O6)OC5C[C@@H]4O[C@H]3CC3O[C@@H](CCC1O2)C[C@@H](C)C3=C. The van der Waals surface area contributed by atoms with Gasteiger partial charge in [-0.2, -0.15) is 0 Å². The number of ether oxygens (including phenoxy) is 15. The Labute approximate surface area is 450 Å². The van der Waals surface area contributed by atoms with Crippen molar-refractivity contribution in [1.29, 1.82) is 0 Å². The minimum atomic E-state index is -2.02. The predicted octanol–water partition coefficient (Wildman–Crippen LogP) is 4.49. The van der Waals surface area contributed by atoms with Crippen molar-refractivity contribution >= 4 is 5.97 Å². The lowest BCUT2D eigenvalue weighted by Gasteiger charge is -2.54. The minimum absolute atomic E-state index is 0.0227. The van der Waals surface area contributed by atoms with Crippen LogP contribution in [0, 0.1) is 23.7 Å². The molecule has 16 aliphatic heterocycles. The number of aliphatic hydroxyl groups excluding tert-OH is 2. The molecule has 16 fully saturated rings. The van der Waals surface area contributed by atoms with Gasteiger partial charge in [-0.3, -0.25) is 4.79 Å². The maximum atomic E-state index is 14.6. The third kappa shape index (κ3) is 8.37. The molecule has 0 aromatic heterocycles. The lowest BCUT2D eigenvalue weighted by molar-refractivity contribution is -0.370.